The van der Waals surface area contributed by atoms with E-state index in [2.05, 4.69) is 56.8 Å². The number of nitrogens with one attached hydrogen (secondary N) is 1. The summed E-state index contributed by atoms with van der Waals surface area (Å²) in [6, 6.07) is 16.8. The Hall–Kier alpha value is -2.82. The van der Waals surface area contributed by atoms with E-state index < -0.39 is 0 Å². The van der Waals surface area contributed by atoms with Gasteiger partial charge in [-0.05, 0) is 49.1 Å². The molecule has 134 valence electrons. The van der Waals surface area contributed by atoms with E-state index >= 15 is 0 Å². The van der Waals surface area contributed by atoms with Crippen molar-refractivity contribution >= 4 is 11.4 Å². The van der Waals surface area contributed by atoms with E-state index in [0.717, 1.165) is 30.9 Å². The Balaban J connectivity index is 1.49. The second-order valence-electron chi connectivity index (χ2n) is 6.74. The van der Waals surface area contributed by atoms with Gasteiger partial charge in [-0.15, -0.1) is 10.2 Å². The summed E-state index contributed by atoms with van der Waals surface area (Å²) in [7, 11) is 0. The van der Waals surface area contributed by atoms with Gasteiger partial charge in [0.05, 0.1) is 0 Å². The predicted molar refractivity (Wildman–Crippen MR) is 104 cm³/mol. The minimum absolute atomic E-state index is 0.555. The largest absolute Gasteiger partial charge is 0.421 e. The number of anilines is 2. The van der Waals surface area contributed by atoms with E-state index in [1.165, 1.54) is 30.5 Å². The van der Waals surface area contributed by atoms with Crippen molar-refractivity contribution in [2.45, 2.75) is 32.7 Å². The molecule has 1 aliphatic rings. The third kappa shape index (κ3) is 3.72. The van der Waals surface area contributed by atoms with Crippen LogP contribution >= 0.6 is 0 Å². The molecule has 2 aromatic carbocycles. The van der Waals surface area contributed by atoms with Crippen LogP contribution < -0.4 is 10.2 Å². The van der Waals surface area contributed by atoms with Crippen LogP contribution in [0.25, 0.3) is 11.5 Å². The average Bonchev–Trinajstić information content (AvgIpc) is 3.14. The molecule has 1 saturated heterocycles. The zero-order valence-electron chi connectivity index (χ0n) is 15.1. The summed E-state index contributed by atoms with van der Waals surface area (Å²) in [6.45, 7) is 4.90. The first-order chi connectivity index (χ1) is 12.8. The minimum Gasteiger partial charge on any atom is -0.421 e. The maximum absolute atomic E-state index is 5.53. The van der Waals surface area contributed by atoms with Crippen LogP contribution in [0.3, 0.4) is 0 Å². The monoisotopic (exact) mass is 348 g/mol. The average molecular weight is 348 g/mol. The van der Waals surface area contributed by atoms with Crippen LogP contribution in [-0.2, 0) is 6.54 Å². The fourth-order valence-corrected chi connectivity index (χ4v) is 3.48. The summed E-state index contributed by atoms with van der Waals surface area (Å²) in [4.78, 5) is 2.51. The number of piperidine rings is 1. The van der Waals surface area contributed by atoms with Crippen molar-refractivity contribution in [2.24, 2.45) is 0 Å². The lowest BCUT2D eigenvalue weighted by atomic mass is 10.1. The molecule has 5 nitrogen and oxygen atoms in total. The molecule has 0 aliphatic carbocycles. The standard InChI is InChI=1S/C21H24N4O/c1-16-23-24-21(26-16)17-9-7-10-19(14-17)22-15-18-8-3-4-11-20(18)25-12-5-2-6-13-25/h3-4,7-11,14,22H,2,5-6,12-13,15H2,1H3. The van der Waals surface area contributed by atoms with Gasteiger partial charge in [0.1, 0.15) is 0 Å². The molecule has 5 heteroatoms. The summed E-state index contributed by atoms with van der Waals surface area (Å²) < 4.78 is 5.53. The summed E-state index contributed by atoms with van der Waals surface area (Å²) in [5.74, 6) is 1.13. The number of nitrogens with zero attached hydrogens (tertiary/aromatic N) is 3. The predicted octanol–water partition coefficient (Wildman–Crippen LogP) is 4.65. The number of hydrogen-bond donors (Lipinski definition) is 1. The first-order valence-corrected chi connectivity index (χ1v) is 9.27. The molecule has 0 saturated carbocycles. The van der Waals surface area contributed by atoms with Crippen molar-refractivity contribution in [3.8, 4) is 11.5 Å². The number of hydrogen-bond acceptors (Lipinski definition) is 5. The van der Waals surface area contributed by atoms with Crippen molar-refractivity contribution in [3.05, 3.63) is 60.0 Å². The number of aryl methyl sites for hydroxylation is 1. The molecule has 2 heterocycles. The van der Waals surface area contributed by atoms with E-state index in [0.29, 0.717) is 11.8 Å². The van der Waals surface area contributed by atoms with Crippen LogP contribution in [0.4, 0.5) is 11.4 Å². The highest BCUT2D eigenvalue weighted by atomic mass is 16.4. The Morgan fingerprint density at radius 1 is 1.00 bits per heavy atom. The number of para-hydroxylation sites is 1. The van der Waals surface area contributed by atoms with E-state index in [4.69, 9.17) is 4.42 Å². The van der Waals surface area contributed by atoms with Crippen molar-refractivity contribution in [1.29, 1.82) is 0 Å². The first-order valence-electron chi connectivity index (χ1n) is 9.27. The Morgan fingerprint density at radius 3 is 2.65 bits per heavy atom. The van der Waals surface area contributed by atoms with E-state index in [1.54, 1.807) is 6.92 Å². The highest BCUT2D eigenvalue weighted by molar-refractivity contribution is 5.62. The maximum Gasteiger partial charge on any atom is 0.247 e. The fraction of sp³-hybridized carbons (Fsp3) is 0.333. The van der Waals surface area contributed by atoms with Gasteiger partial charge < -0.3 is 14.6 Å². The van der Waals surface area contributed by atoms with Gasteiger partial charge in [-0.3, -0.25) is 0 Å². The summed E-state index contributed by atoms with van der Waals surface area (Å²) in [5, 5.41) is 11.5. The molecule has 1 aliphatic heterocycles. The molecule has 26 heavy (non-hydrogen) atoms. The second kappa shape index (κ2) is 7.60. The molecule has 0 radical (unpaired) electrons. The van der Waals surface area contributed by atoms with Crippen molar-refractivity contribution in [1.82, 2.24) is 10.2 Å². The summed E-state index contributed by atoms with van der Waals surface area (Å²) >= 11 is 0. The van der Waals surface area contributed by atoms with Crippen LogP contribution in [0.5, 0.6) is 0 Å². The van der Waals surface area contributed by atoms with Gasteiger partial charge in [-0.1, -0.05) is 24.3 Å². The van der Waals surface area contributed by atoms with Gasteiger partial charge in [0, 0.05) is 43.5 Å². The molecular weight excluding hydrogens is 324 g/mol. The zero-order valence-corrected chi connectivity index (χ0v) is 15.1. The van der Waals surface area contributed by atoms with Gasteiger partial charge in [0.2, 0.25) is 11.8 Å². The third-order valence-electron chi connectivity index (χ3n) is 4.81. The van der Waals surface area contributed by atoms with Crippen molar-refractivity contribution in [3.63, 3.8) is 0 Å². The Labute approximate surface area is 154 Å². The zero-order chi connectivity index (χ0) is 17.8. The van der Waals surface area contributed by atoms with Crippen LogP contribution in [0.1, 0.15) is 30.7 Å². The quantitative estimate of drug-likeness (QED) is 0.727. The molecule has 0 unspecified atom stereocenters. The minimum atomic E-state index is 0.555. The number of rotatable bonds is 5. The van der Waals surface area contributed by atoms with Gasteiger partial charge in [0.25, 0.3) is 0 Å². The molecule has 1 N–H and O–H groups in total. The Morgan fingerprint density at radius 2 is 1.85 bits per heavy atom. The number of benzene rings is 2. The molecular formula is C21H24N4O. The molecule has 0 spiro atoms. The van der Waals surface area contributed by atoms with Gasteiger partial charge in [0.15, 0.2) is 0 Å². The van der Waals surface area contributed by atoms with Crippen molar-refractivity contribution in [2.75, 3.05) is 23.3 Å². The molecule has 0 bridgehead atoms. The van der Waals surface area contributed by atoms with Crippen LogP contribution in [-0.4, -0.2) is 23.3 Å². The Kier molecular flexibility index (Phi) is 4.86. The van der Waals surface area contributed by atoms with Crippen LogP contribution in [0, 0.1) is 6.92 Å². The van der Waals surface area contributed by atoms with Crippen LogP contribution in [0.2, 0.25) is 0 Å². The first kappa shape index (κ1) is 16.6. The highest BCUT2D eigenvalue weighted by Crippen LogP contribution is 2.26. The SMILES string of the molecule is Cc1nnc(-c2cccc(NCc3ccccc3N3CCCCC3)c2)o1. The lowest BCUT2D eigenvalue weighted by molar-refractivity contribution is 0.533. The Bertz CT molecular complexity index is 868. The molecule has 3 aromatic rings. The van der Waals surface area contributed by atoms with Gasteiger partial charge in [-0.2, -0.15) is 0 Å². The maximum atomic E-state index is 5.53. The molecule has 1 aromatic heterocycles. The van der Waals surface area contributed by atoms with Crippen LogP contribution in [0.15, 0.2) is 52.9 Å². The summed E-state index contributed by atoms with van der Waals surface area (Å²) in [5.41, 5.74) is 4.66. The fourth-order valence-electron chi connectivity index (χ4n) is 3.48. The van der Waals surface area contributed by atoms with Gasteiger partial charge >= 0.3 is 0 Å². The molecule has 1 fully saturated rings. The molecule has 0 atom stereocenters. The van der Waals surface area contributed by atoms with Gasteiger partial charge in [-0.25, -0.2) is 0 Å². The molecule has 0 amide bonds. The summed E-state index contributed by atoms with van der Waals surface area (Å²) in [6.07, 6.45) is 3.92. The second-order valence-corrected chi connectivity index (χ2v) is 6.74. The van der Waals surface area contributed by atoms with E-state index in [-0.39, 0.29) is 0 Å². The lowest BCUT2D eigenvalue weighted by Crippen LogP contribution is -2.30. The van der Waals surface area contributed by atoms with Crippen molar-refractivity contribution < 1.29 is 4.42 Å². The number of aromatic nitrogens is 2. The normalized spacial score (nSPS) is 14.4. The third-order valence-corrected chi connectivity index (χ3v) is 4.81. The lowest BCUT2D eigenvalue weighted by Gasteiger charge is -2.30. The molecule has 4 rings (SSSR count). The smallest absolute Gasteiger partial charge is 0.247 e. The van der Waals surface area contributed by atoms with E-state index in [1.807, 2.05) is 12.1 Å². The topological polar surface area (TPSA) is 54.2 Å². The highest BCUT2D eigenvalue weighted by Gasteiger charge is 2.14. The van der Waals surface area contributed by atoms with E-state index in [9.17, 15) is 0 Å².